The van der Waals surface area contributed by atoms with E-state index in [1.165, 1.54) is 10.6 Å². The van der Waals surface area contributed by atoms with E-state index in [9.17, 15) is 0 Å². The van der Waals surface area contributed by atoms with Gasteiger partial charge >= 0.3 is 0 Å². The Labute approximate surface area is 90.6 Å². The summed E-state index contributed by atoms with van der Waals surface area (Å²) < 4.78 is 0. The molecule has 1 nitrogen and oxygen atoms in total. The Bertz CT molecular complexity index is 301. The van der Waals surface area contributed by atoms with Gasteiger partial charge in [0.25, 0.3) is 0 Å². The monoisotopic (exact) mass is 207 g/mol. The van der Waals surface area contributed by atoms with Gasteiger partial charge in [-0.25, -0.2) is 4.99 Å². The summed E-state index contributed by atoms with van der Waals surface area (Å²) in [5.74, 6) is 1.10. The zero-order chi connectivity index (χ0) is 10.4. The maximum Gasteiger partial charge on any atom is 0.0735 e. The van der Waals surface area contributed by atoms with Gasteiger partial charge in [0.2, 0.25) is 0 Å². The van der Waals surface area contributed by atoms with E-state index in [1.54, 1.807) is 0 Å². The molecule has 0 heterocycles. The number of aryl methyl sites for hydroxylation is 1. The van der Waals surface area contributed by atoms with Crippen LogP contribution in [-0.4, -0.2) is 10.8 Å². The molecule has 1 aromatic carbocycles. The van der Waals surface area contributed by atoms with Gasteiger partial charge in [-0.2, -0.15) is 0 Å². The molecule has 0 amide bonds. The van der Waals surface area contributed by atoms with Crippen molar-refractivity contribution in [2.45, 2.75) is 27.2 Å². The summed E-state index contributed by atoms with van der Waals surface area (Å²) in [6.07, 6.45) is 1.02. The molecule has 2 heteroatoms. The predicted octanol–water partition coefficient (Wildman–Crippen LogP) is 4.19. The molecular formula is C12H17NS. The molecular weight excluding hydrogens is 190 g/mol. The van der Waals surface area contributed by atoms with Crippen molar-refractivity contribution < 1.29 is 0 Å². The third-order valence-electron chi connectivity index (χ3n) is 1.90. The molecule has 0 N–H and O–H groups in total. The van der Waals surface area contributed by atoms with Gasteiger partial charge in [-0.3, -0.25) is 0 Å². The Kier molecular flexibility index (Phi) is 4.74. The van der Waals surface area contributed by atoms with Gasteiger partial charge in [0, 0.05) is 0 Å². The van der Waals surface area contributed by atoms with E-state index in [-0.39, 0.29) is 0 Å². The molecule has 76 valence electrons. The highest BCUT2D eigenvalue weighted by Crippen LogP contribution is 2.17. The first kappa shape index (κ1) is 11.3. The fraction of sp³-hybridized carbons (Fsp3) is 0.417. The van der Waals surface area contributed by atoms with Crippen molar-refractivity contribution >= 4 is 22.5 Å². The van der Waals surface area contributed by atoms with Gasteiger partial charge in [-0.05, 0) is 31.2 Å². The normalized spacial score (nSPS) is 11.8. The quantitative estimate of drug-likeness (QED) is 0.535. The van der Waals surface area contributed by atoms with Crippen LogP contribution in [0, 0.1) is 6.92 Å². The first-order chi connectivity index (χ1) is 6.76. The first-order valence-electron chi connectivity index (χ1n) is 5.03. The lowest BCUT2D eigenvalue weighted by Crippen LogP contribution is -1.88. The molecule has 0 saturated carbocycles. The summed E-state index contributed by atoms with van der Waals surface area (Å²) in [5.41, 5.74) is 2.35. The van der Waals surface area contributed by atoms with Crippen molar-refractivity contribution in [3.63, 3.8) is 0 Å². The van der Waals surface area contributed by atoms with Gasteiger partial charge in [0.05, 0.1) is 10.7 Å². The lowest BCUT2D eigenvalue weighted by molar-refractivity contribution is 1.30. The Morgan fingerprint density at radius 2 is 1.86 bits per heavy atom. The van der Waals surface area contributed by atoms with Crippen LogP contribution in [0.3, 0.4) is 0 Å². The Hall–Kier alpha value is -0.760. The molecule has 0 saturated heterocycles. The van der Waals surface area contributed by atoms with Gasteiger partial charge < -0.3 is 0 Å². The van der Waals surface area contributed by atoms with Crippen molar-refractivity contribution in [1.29, 1.82) is 0 Å². The van der Waals surface area contributed by atoms with Crippen molar-refractivity contribution in [2.75, 3.05) is 5.75 Å². The topological polar surface area (TPSA) is 12.4 Å². The van der Waals surface area contributed by atoms with Gasteiger partial charge in [0.15, 0.2) is 0 Å². The molecule has 0 fully saturated rings. The molecule has 0 spiro atoms. The summed E-state index contributed by atoms with van der Waals surface area (Å²) in [7, 11) is 0. The summed E-state index contributed by atoms with van der Waals surface area (Å²) in [6, 6.07) is 8.34. The average molecular weight is 207 g/mol. The van der Waals surface area contributed by atoms with E-state index in [0.29, 0.717) is 0 Å². The van der Waals surface area contributed by atoms with E-state index in [0.717, 1.165) is 17.9 Å². The number of thioether (sulfide) groups is 1. The van der Waals surface area contributed by atoms with Crippen molar-refractivity contribution in [3.05, 3.63) is 29.8 Å². The standard InChI is InChI=1S/C12H17NS/c1-4-12(14-5-2)13-11-8-6-10(3)7-9-11/h6-9H,4-5H2,1-3H3. The molecule has 0 aromatic heterocycles. The fourth-order valence-electron chi connectivity index (χ4n) is 1.14. The highest BCUT2D eigenvalue weighted by Gasteiger charge is 1.95. The zero-order valence-corrected chi connectivity index (χ0v) is 9.90. The van der Waals surface area contributed by atoms with E-state index < -0.39 is 0 Å². The molecule has 0 aliphatic rings. The molecule has 0 atom stereocenters. The second kappa shape index (κ2) is 5.86. The third-order valence-corrected chi connectivity index (χ3v) is 2.90. The molecule has 0 unspecified atom stereocenters. The van der Waals surface area contributed by atoms with Gasteiger partial charge in [-0.15, -0.1) is 11.8 Å². The van der Waals surface area contributed by atoms with Crippen LogP contribution in [0.15, 0.2) is 29.3 Å². The van der Waals surface area contributed by atoms with Crippen LogP contribution in [0.1, 0.15) is 25.8 Å². The summed E-state index contributed by atoms with van der Waals surface area (Å²) >= 11 is 1.83. The minimum Gasteiger partial charge on any atom is -0.247 e. The first-order valence-corrected chi connectivity index (χ1v) is 6.01. The third kappa shape index (κ3) is 3.54. The number of hydrogen-bond acceptors (Lipinski definition) is 2. The molecule has 0 bridgehead atoms. The molecule has 1 rings (SSSR count). The second-order valence-electron chi connectivity index (χ2n) is 3.13. The van der Waals surface area contributed by atoms with Crippen molar-refractivity contribution in [1.82, 2.24) is 0 Å². The number of hydrogen-bond donors (Lipinski definition) is 0. The van der Waals surface area contributed by atoms with Crippen LogP contribution in [0.2, 0.25) is 0 Å². The highest BCUT2D eigenvalue weighted by molar-refractivity contribution is 8.13. The lowest BCUT2D eigenvalue weighted by Gasteiger charge is -2.01. The summed E-state index contributed by atoms with van der Waals surface area (Å²) in [4.78, 5) is 4.59. The molecule has 1 aromatic rings. The Balaban J connectivity index is 2.78. The number of rotatable bonds is 3. The molecule has 0 aliphatic heterocycles. The predicted molar refractivity (Wildman–Crippen MR) is 66.7 cm³/mol. The van der Waals surface area contributed by atoms with Crippen LogP contribution in [0.4, 0.5) is 5.69 Å². The van der Waals surface area contributed by atoms with Crippen molar-refractivity contribution in [2.24, 2.45) is 4.99 Å². The number of nitrogens with zero attached hydrogens (tertiary/aromatic N) is 1. The van der Waals surface area contributed by atoms with Crippen molar-refractivity contribution in [3.8, 4) is 0 Å². The maximum absolute atomic E-state index is 4.59. The lowest BCUT2D eigenvalue weighted by atomic mass is 10.2. The minimum absolute atomic E-state index is 1.02. The van der Waals surface area contributed by atoms with Crippen LogP contribution in [-0.2, 0) is 0 Å². The molecule has 0 aliphatic carbocycles. The van der Waals surface area contributed by atoms with Crippen LogP contribution in [0.25, 0.3) is 0 Å². The van der Waals surface area contributed by atoms with Crippen LogP contribution in [0.5, 0.6) is 0 Å². The zero-order valence-electron chi connectivity index (χ0n) is 9.08. The van der Waals surface area contributed by atoms with Gasteiger partial charge in [0.1, 0.15) is 0 Å². The number of aliphatic imine (C=N–C) groups is 1. The Morgan fingerprint density at radius 3 is 2.36 bits per heavy atom. The van der Waals surface area contributed by atoms with Crippen LogP contribution < -0.4 is 0 Å². The van der Waals surface area contributed by atoms with Crippen LogP contribution >= 0.6 is 11.8 Å². The van der Waals surface area contributed by atoms with Gasteiger partial charge in [-0.1, -0.05) is 31.5 Å². The van der Waals surface area contributed by atoms with E-state index in [1.807, 2.05) is 11.8 Å². The SMILES string of the molecule is CCSC(CC)=Nc1ccc(C)cc1. The highest BCUT2D eigenvalue weighted by atomic mass is 32.2. The van der Waals surface area contributed by atoms with E-state index in [2.05, 4.69) is 50.0 Å². The Morgan fingerprint density at radius 1 is 1.21 bits per heavy atom. The largest absolute Gasteiger partial charge is 0.247 e. The molecule has 14 heavy (non-hydrogen) atoms. The fourth-order valence-corrected chi connectivity index (χ4v) is 1.85. The maximum atomic E-state index is 4.59. The summed E-state index contributed by atoms with van der Waals surface area (Å²) in [5, 5.41) is 1.22. The smallest absolute Gasteiger partial charge is 0.0735 e. The second-order valence-corrected chi connectivity index (χ2v) is 4.46. The molecule has 0 radical (unpaired) electrons. The average Bonchev–Trinajstić information content (AvgIpc) is 2.20. The number of benzene rings is 1. The van der Waals surface area contributed by atoms with E-state index in [4.69, 9.17) is 0 Å². The minimum atomic E-state index is 1.02. The van der Waals surface area contributed by atoms with E-state index >= 15 is 0 Å². The summed E-state index contributed by atoms with van der Waals surface area (Å²) in [6.45, 7) is 6.40.